The Labute approximate surface area is 122 Å². The highest BCUT2D eigenvalue weighted by Crippen LogP contribution is 2.58. The standard InChI is InChI=1S/C16H19F3N2/c17-16(18,19)15(3-4-15)12-1-2-13(21-8-12)5-11-6-14(7-11)9-20-10-14/h1-2,8,11,20H,3-7,9-10H2. The topological polar surface area (TPSA) is 24.9 Å². The average molecular weight is 296 g/mol. The van der Waals surface area contributed by atoms with E-state index in [2.05, 4.69) is 10.3 Å². The van der Waals surface area contributed by atoms with Crippen LogP contribution in [-0.2, 0) is 11.8 Å². The zero-order chi connectivity index (χ0) is 14.7. The first-order chi connectivity index (χ1) is 9.93. The fourth-order valence-corrected chi connectivity index (χ4v) is 4.06. The Morgan fingerprint density at radius 1 is 1.19 bits per heavy atom. The summed E-state index contributed by atoms with van der Waals surface area (Å²) in [4.78, 5) is 4.30. The molecule has 2 aliphatic carbocycles. The first kappa shape index (κ1) is 13.6. The van der Waals surface area contributed by atoms with Crippen molar-refractivity contribution in [1.29, 1.82) is 0 Å². The van der Waals surface area contributed by atoms with Gasteiger partial charge in [-0.1, -0.05) is 6.07 Å². The first-order valence-corrected chi connectivity index (χ1v) is 7.65. The number of halogens is 3. The average Bonchev–Trinajstić information content (AvgIpc) is 3.12. The number of pyridine rings is 1. The molecule has 0 radical (unpaired) electrons. The summed E-state index contributed by atoms with van der Waals surface area (Å²) in [6.45, 7) is 2.26. The van der Waals surface area contributed by atoms with Gasteiger partial charge < -0.3 is 5.32 Å². The molecular formula is C16H19F3N2. The fraction of sp³-hybridized carbons (Fsp3) is 0.688. The molecule has 1 spiro atoms. The maximum absolute atomic E-state index is 13.1. The van der Waals surface area contributed by atoms with Crippen LogP contribution in [0.15, 0.2) is 18.3 Å². The molecule has 3 fully saturated rings. The lowest BCUT2D eigenvalue weighted by Crippen LogP contribution is -2.60. The van der Waals surface area contributed by atoms with Gasteiger partial charge in [0.1, 0.15) is 0 Å². The van der Waals surface area contributed by atoms with Gasteiger partial charge in [0.25, 0.3) is 0 Å². The van der Waals surface area contributed by atoms with E-state index in [1.165, 1.54) is 19.0 Å². The van der Waals surface area contributed by atoms with Gasteiger partial charge in [-0.05, 0) is 55.1 Å². The molecule has 2 saturated carbocycles. The Hall–Kier alpha value is -1.10. The van der Waals surface area contributed by atoms with Crippen molar-refractivity contribution in [2.75, 3.05) is 13.1 Å². The Kier molecular flexibility index (Phi) is 2.72. The van der Waals surface area contributed by atoms with Gasteiger partial charge in [0.15, 0.2) is 0 Å². The van der Waals surface area contributed by atoms with E-state index in [4.69, 9.17) is 0 Å². The van der Waals surface area contributed by atoms with Crippen LogP contribution in [0.4, 0.5) is 13.2 Å². The number of alkyl halides is 3. The lowest BCUT2D eigenvalue weighted by molar-refractivity contribution is -0.160. The van der Waals surface area contributed by atoms with Gasteiger partial charge in [-0.3, -0.25) is 4.98 Å². The Bertz CT molecular complexity index is 534. The molecule has 2 heterocycles. The second kappa shape index (κ2) is 4.22. The van der Waals surface area contributed by atoms with Crippen molar-refractivity contribution < 1.29 is 13.2 Å². The van der Waals surface area contributed by atoms with Gasteiger partial charge in [-0.25, -0.2) is 0 Å². The normalized spacial score (nSPS) is 26.2. The minimum absolute atomic E-state index is 0.204. The molecule has 0 bridgehead atoms. The zero-order valence-corrected chi connectivity index (χ0v) is 11.8. The highest BCUT2D eigenvalue weighted by molar-refractivity contribution is 5.32. The predicted molar refractivity (Wildman–Crippen MR) is 72.9 cm³/mol. The molecule has 3 aliphatic rings. The predicted octanol–water partition coefficient (Wildman–Crippen LogP) is 3.22. The molecule has 1 aliphatic heterocycles. The Balaban J connectivity index is 1.41. The SMILES string of the molecule is FC(F)(F)C1(c2ccc(CC3CC4(CNC4)C3)nc2)CC1. The molecule has 114 valence electrons. The summed E-state index contributed by atoms with van der Waals surface area (Å²) in [7, 11) is 0. The number of rotatable bonds is 3. The summed E-state index contributed by atoms with van der Waals surface area (Å²) in [6, 6.07) is 3.44. The van der Waals surface area contributed by atoms with Crippen LogP contribution in [0.25, 0.3) is 0 Å². The number of aromatic nitrogens is 1. The third kappa shape index (κ3) is 2.08. The smallest absolute Gasteiger partial charge is 0.316 e. The molecule has 1 N–H and O–H groups in total. The maximum Gasteiger partial charge on any atom is 0.398 e. The van der Waals surface area contributed by atoms with Crippen molar-refractivity contribution in [1.82, 2.24) is 10.3 Å². The first-order valence-electron chi connectivity index (χ1n) is 7.65. The molecule has 0 aromatic carbocycles. The van der Waals surface area contributed by atoms with E-state index in [0.29, 0.717) is 16.9 Å². The molecule has 4 rings (SSSR count). The summed E-state index contributed by atoms with van der Waals surface area (Å²) < 4.78 is 39.2. The number of nitrogens with one attached hydrogen (secondary N) is 1. The second-order valence-electron chi connectivity index (χ2n) is 7.20. The highest BCUT2D eigenvalue weighted by Gasteiger charge is 2.64. The van der Waals surface area contributed by atoms with E-state index in [9.17, 15) is 13.2 Å². The molecule has 1 aromatic heterocycles. The van der Waals surface area contributed by atoms with Crippen LogP contribution in [-0.4, -0.2) is 24.2 Å². The minimum atomic E-state index is -4.15. The molecule has 2 nitrogen and oxygen atoms in total. The molecule has 1 saturated heterocycles. The maximum atomic E-state index is 13.1. The van der Waals surface area contributed by atoms with E-state index in [0.717, 1.165) is 25.2 Å². The van der Waals surface area contributed by atoms with Crippen LogP contribution in [0.5, 0.6) is 0 Å². The van der Waals surface area contributed by atoms with Gasteiger partial charge >= 0.3 is 6.18 Å². The molecule has 5 heteroatoms. The molecule has 0 atom stereocenters. The lowest BCUT2D eigenvalue weighted by atomic mass is 9.57. The van der Waals surface area contributed by atoms with Crippen LogP contribution in [0.1, 0.15) is 36.9 Å². The second-order valence-corrected chi connectivity index (χ2v) is 7.20. The third-order valence-electron chi connectivity index (χ3n) is 5.61. The summed E-state index contributed by atoms with van der Waals surface area (Å²) in [5, 5.41) is 3.31. The summed E-state index contributed by atoms with van der Waals surface area (Å²) in [6.07, 6.45) is 1.08. The molecule has 21 heavy (non-hydrogen) atoms. The fourth-order valence-electron chi connectivity index (χ4n) is 4.06. The minimum Gasteiger partial charge on any atom is -0.316 e. The van der Waals surface area contributed by atoms with Gasteiger partial charge in [0.05, 0.1) is 5.41 Å². The zero-order valence-electron chi connectivity index (χ0n) is 11.8. The van der Waals surface area contributed by atoms with Crippen LogP contribution in [0, 0.1) is 11.3 Å². The molecule has 1 aromatic rings. The van der Waals surface area contributed by atoms with E-state index < -0.39 is 11.6 Å². The monoisotopic (exact) mass is 296 g/mol. The van der Waals surface area contributed by atoms with Crippen LogP contribution in [0.3, 0.4) is 0 Å². The van der Waals surface area contributed by atoms with Gasteiger partial charge in [-0.15, -0.1) is 0 Å². The molecular weight excluding hydrogens is 277 g/mol. The number of nitrogens with zero attached hydrogens (tertiary/aromatic N) is 1. The van der Waals surface area contributed by atoms with E-state index in [-0.39, 0.29) is 12.8 Å². The van der Waals surface area contributed by atoms with Gasteiger partial charge in [-0.2, -0.15) is 13.2 Å². The van der Waals surface area contributed by atoms with Gasteiger partial charge in [0, 0.05) is 25.0 Å². The molecule has 0 unspecified atom stereocenters. The van der Waals surface area contributed by atoms with Crippen LogP contribution in [0.2, 0.25) is 0 Å². The van der Waals surface area contributed by atoms with Crippen molar-refractivity contribution in [3.8, 4) is 0 Å². The van der Waals surface area contributed by atoms with E-state index in [1.54, 1.807) is 12.1 Å². The van der Waals surface area contributed by atoms with E-state index in [1.807, 2.05) is 0 Å². The quantitative estimate of drug-likeness (QED) is 0.926. The van der Waals surface area contributed by atoms with Crippen molar-refractivity contribution in [2.45, 2.75) is 43.7 Å². The van der Waals surface area contributed by atoms with Crippen molar-refractivity contribution in [3.05, 3.63) is 29.6 Å². The number of hydrogen-bond donors (Lipinski definition) is 1. The largest absolute Gasteiger partial charge is 0.398 e. The third-order valence-corrected chi connectivity index (χ3v) is 5.61. The highest BCUT2D eigenvalue weighted by atomic mass is 19.4. The lowest BCUT2D eigenvalue weighted by Gasteiger charge is -2.54. The number of hydrogen-bond acceptors (Lipinski definition) is 2. The summed E-state index contributed by atoms with van der Waals surface area (Å²) in [5.74, 6) is 0.656. The van der Waals surface area contributed by atoms with E-state index >= 15 is 0 Å². The van der Waals surface area contributed by atoms with Crippen molar-refractivity contribution >= 4 is 0 Å². The van der Waals surface area contributed by atoms with Gasteiger partial charge in [0.2, 0.25) is 0 Å². The summed E-state index contributed by atoms with van der Waals surface area (Å²) in [5.41, 5.74) is 0.214. The Morgan fingerprint density at radius 2 is 1.90 bits per heavy atom. The van der Waals surface area contributed by atoms with Crippen LogP contribution >= 0.6 is 0 Å². The molecule has 0 amide bonds. The summed E-state index contributed by atoms with van der Waals surface area (Å²) >= 11 is 0. The van der Waals surface area contributed by atoms with Crippen molar-refractivity contribution in [3.63, 3.8) is 0 Å². The Morgan fingerprint density at radius 3 is 2.33 bits per heavy atom. The van der Waals surface area contributed by atoms with Crippen LogP contribution < -0.4 is 5.32 Å². The van der Waals surface area contributed by atoms with Crippen molar-refractivity contribution in [2.24, 2.45) is 11.3 Å².